The molecule has 2 rings (SSSR count). The zero-order valence-electron chi connectivity index (χ0n) is 10.9. The van der Waals surface area contributed by atoms with Crippen molar-refractivity contribution in [2.75, 3.05) is 26.4 Å². The van der Waals surface area contributed by atoms with Gasteiger partial charge in [0.05, 0.1) is 5.69 Å². The SMILES string of the molecule is CCn1nc(C)c2nc(N)n(CCN(C)C)c21. The highest BCUT2D eigenvalue weighted by Crippen LogP contribution is 2.20. The normalized spacial score (nSPS) is 11.8. The van der Waals surface area contributed by atoms with E-state index in [0.29, 0.717) is 5.95 Å². The maximum atomic E-state index is 5.97. The molecular formula is C11H20N6. The van der Waals surface area contributed by atoms with Crippen molar-refractivity contribution in [3.8, 4) is 0 Å². The Morgan fingerprint density at radius 3 is 2.65 bits per heavy atom. The van der Waals surface area contributed by atoms with Gasteiger partial charge in [-0.3, -0.25) is 4.57 Å². The van der Waals surface area contributed by atoms with Crippen LogP contribution in [0.2, 0.25) is 0 Å². The minimum Gasteiger partial charge on any atom is -0.369 e. The summed E-state index contributed by atoms with van der Waals surface area (Å²) in [6.07, 6.45) is 0. The average Bonchev–Trinajstić information content (AvgIpc) is 2.74. The molecule has 0 aromatic carbocycles. The van der Waals surface area contributed by atoms with Crippen LogP contribution in [0.1, 0.15) is 12.6 Å². The Bertz CT molecular complexity index is 522. The number of nitrogen functional groups attached to an aromatic ring is 1. The molecule has 94 valence electrons. The summed E-state index contributed by atoms with van der Waals surface area (Å²) in [4.78, 5) is 6.53. The second kappa shape index (κ2) is 4.37. The van der Waals surface area contributed by atoms with Gasteiger partial charge in [0.2, 0.25) is 5.95 Å². The Morgan fingerprint density at radius 2 is 2.06 bits per heavy atom. The maximum Gasteiger partial charge on any atom is 0.202 e. The quantitative estimate of drug-likeness (QED) is 0.849. The molecule has 0 aliphatic carbocycles. The minimum atomic E-state index is 0.574. The maximum absolute atomic E-state index is 5.97. The molecule has 0 spiro atoms. The van der Waals surface area contributed by atoms with Crippen molar-refractivity contribution < 1.29 is 0 Å². The van der Waals surface area contributed by atoms with Gasteiger partial charge < -0.3 is 10.6 Å². The largest absolute Gasteiger partial charge is 0.369 e. The van der Waals surface area contributed by atoms with Crippen molar-refractivity contribution >= 4 is 17.1 Å². The minimum absolute atomic E-state index is 0.574. The van der Waals surface area contributed by atoms with E-state index in [2.05, 4.69) is 21.9 Å². The van der Waals surface area contributed by atoms with Crippen LogP contribution in [0.3, 0.4) is 0 Å². The van der Waals surface area contributed by atoms with Crippen LogP contribution in [-0.4, -0.2) is 44.9 Å². The predicted octanol–water partition coefficient (Wildman–Crippen LogP) is 0.705. The van der Waals surface area contributed by atoms with Crippen molar-refractivity contribution in [2.24, 2.45) is 0 Å². The fourth-order valence-electron chi connectivity index (χ4n) is 1.98. The Kier molecular flexibility index (Phi) is 3.06. The van der Waals surface area contributed by atoms with Crippen molar-refractivity contribution in [3.63, 3.8) is 0 Å². The van der Waals surface area contributed by atoms with Gasteiger partial charge in [-0.2, -0.15) is 5.10 Å². The molecule has 2 N–H and O–H groups in total. The molecule has 0 radical (unpaired) electrons. The number of fused-ring (bicyclic) bond motifs is 1. The Labute approximate surface area is 101 Å². The molecule has 2 aromatic heterocycles. The number of hydrogen-bond acceptors (Lipinski definition) is 4. The van der Waals surface area contributed by atoms with E-state index in [-0.39, 0.29) is 0 Å². The zero-order valence-corrected chi connectivity index (χ0v) is 10.9. The lowest BCUT2D eigenvalue weighted by molar-refractivity contribution is 0.386. The van der Waals surface area contributed by atoms with Crippen molar-refractivity contribution in [3.05, 3.63) is 5.69 Å². The highest BCUT2D eigenvalue weighted by molar-refractivity contribution is 5.77. The number of nitrogens with two attached hydrogens (primary N) is 1. The first kappa shape index (κ1) is 11.9. The van der Waals surface area contributed by atoms with Gasteiger partial charge in [0.25, 0.3) is 0 Å². The van der Waals surface area contributed by atoms with E-state index >= 15 is 0 Å². The predicted molar refractivity (Wildman–Crippen MR) is 68.9 cm³/mol. The molecule has 0 fully saturated rings. The molecule has 0 aliphatic heterocycles. The molecule has 6 heteroatoms. The third kappa shape index (κ3) is 2.00. The van der Waals surface area contributed by atoms with Gasteiger partial charge >= 0.3 is 0 Å². The number of likely N-dealkylation sites (N-methyl/N-ethyl adjacent to an activating group) is 1. The summed E-state index contributed by atoms with van der Waals surface area (Å²) in [7, 11) is 4.10. The van der Waals surface area contributed by atoms with Crippen LogP contribution in [-0.2, 0) is 13.1 Å². The smallest absolute Gasteiger partial charge is 0.202 e. The topological polar surface area (TPSA) is 64.9 Å². The van der Waals surface area contributed by atoms with E-state index in [1.54, 1.807) is 0 Å². The van der Waals surface area contributed by atoms with E-state index in [4.69, 9.17) is 5.73 Å². The van der Waals surface area contributed by atoms with Crippen LogP contribution >= 0.6 is 0 Å². The number of aryl methyl sites for hydroxylation is 2. The second-order valence-electron chi connectivity index (χ2n) is 4.50. The second-order valence-corrected chi connectivity index (χ2v) is 4.50. The van der Waals surface area contributed by atoms with Gasteiger partial charge in [-0.05, 0) is 27.9 Å². The summed E-state index contributed by atoms with van der Waals surface area (Å²) in [5.74, 6) is 0.574. The fourth-order valence-corrected chi connectivity index (χ4v) is 1.98. The molecular weight excluding hydrogens is 216 g/mol. The Balaban J connectivity index is 2.49. The molecule has 0 saturated heterocycles. The number of anilines is 1. The molecule has 0 bridgehead atoms. The summed E-state index contributed by atoms with van der Waals surface area (Å²) >= 11 is 0. The third-order valence-electron chi connectivity index (χ3n) is 2.90. The Hall–Kier alpha value is -1.56. The average molecular weight is 236 g/mol. The zero-order chi connectivity index (χ0) is 12.6. The van der Waals surface area contributed by atoms with E-state index < -0.39 is 0 Å². The summed E-state index contributed by atoms with van der Waals surface area (Å²) in [5, 5.41) is 4.46. The monoisotopic (exact) mass is 236 g/mol. The van der Waals surface area contributed by atoms with Crippen LogP contribution < -0.4 is 5.73 Å². The lowest BCUT2D eigenvalue weighted by Crippen LogP contribution is -2.20. The number of imidazole rings is 1. The van der Waals surface area contributed by atoms with Crippen LogP contribution in [0.15, 0.2) is 0 Å². The van der Waals surface area contributed by atoms with Crippen LogP contribution in [0.4, 0.5) is 5.95 Å². The van der Waals surface area contributed by atoms with Gasteiger partial charge in [0.15, 0.2) is 5.65 Å². The first-order chi connectivity index (χ1) is 8.04. The number of nitrogens with zero attached hydrogens (tertiary/aromatic N) is 5. The first-order valence-corrected chi connectivity index (χ1v) is 5.88. The first-order valence-electron chi connectivity index (χ1n) is 5.88. The summed E-state index contributed by atoms with van der Waals surface area (Å²) in [5.41, 5.74) is 8.86. The molecule has 6 nitrogen and oxygen atoms in total. The molecule has 0 unspecified atom stereocenters. The van der Waals surface area contributed by atoms with Gasteiger partial charge in [0, 0.05) is 19.6 Å². The molecule has 2 heterocycles. The van der Waals surface area contributed by atoms with Crippen LogP contribution in [0.25, 0.3) is 11.2 Å². The van der Waals surface area contributed by atoms with Gasteiger partial charge in [-0.1, -0.05) is 0 Å². The van der Waals surface area contributed by atoms with Gasteiger partial charge in [0.1, 0.15) is 5.52 Å². The summed E-state index contributed by atoms with van der Waals surface area (Å²) in [6, 6.07) is 0. The number of aromatic nitrogens is 4. The summed E-state index contributed by atoms with van der Waals surface area (Å²) in [6.45, 7) is 6.64. The lowest BCUT2D eigenvalue weighted by atomic mass is 10.4. The number of rotatable bonds is 4. The summed E-state index contributed by atoms with van der Waals surface area (Å²) < 4.78 is 4.00. The molecule has 2 aromatic rings. The molecule has 0 atom stereocenters. The third-order valence-corrected chi connectivity index (χ3v) is 2.90. The highest BCUT2D eigenvalue weighted by Gasteiger charge is 2.16. The molecule has 0 saturated carbocycles. The molecule has 0 aliphatic rings. The van der Waals surface area contributed by atoms with E-state index in [1.807, 2.05) is 30.3 Å². The van der Waals surface area contributed by atoms with Crippen molar-refractivity contribution in [2.45, 2.75) is 26.9 Å². The van der Waals surface area contributed by atoms with Crippen molar-refractivity contribution in [1.82, 2.24) is 24.2 Å². The van der Waals surface area contributed by atoms with E-state index in [9.17, 15) is 0 Å². The lowest BCUT2D eigenvalue weighted by Gasteiger charge is -2.12. The Morgan fingerprint density at radius 1 is 1.35 bits per heavy atom. The van der Waals surface area contributed by atoms with Crippen LogP contribution in [0.5, 0.6) is 0 Å². The standard InChI is InChI=1S/C11H20N6/c1-5-17-10-9(8(2)14-17)13-11(12)16(10)7-6-15(3)4/h5-7H2,1-4H3,(H2,12,13). The molecule has 17 heavy (non-hydrogen) atoms. The van der Waals surface area contributed by atoms with E-state index in [0.717, 1.165) is 36.5 Å². The van der Waals surface area contributed by atoms with Crippen LogP contribution in [0, 0.1) is 6.92 Å². The van der Waals surface area contributed by atoms with E-state index in [1.165, 1.54) is 0 Å². The highest BCUT2D eigenvalue weighted by atomic mass is 15.4. The molecule has 0 amide bonds. The van der Waals surface area contributed by atoms with Gasteiger partial charge in [-0.15, -0.1) is 0 Å². The van der Waals surface area contributed by atoms with Gasteiger partial charge in [-0.25, -0.2) is 9.67 Å². The van der Waals surface area contributed by atoms with Crippen molar-refractivity contribution in [1.29, 1.82) is 0 Å². The number of hydrogen-bond donors (Lipinski definition) is 1. The fraction of sp³-hybridized carbons (Fsp3) is 0.636.